The van der Waals surface area contributed by atoms with Crippen molar-refractivity contribution in [2.75, 3.05) is 5.32 Å². The van der Waals surface area contributed by atoms with Gasteiger partial charge in [-0.25, -0.2) is 0 Å². The number of aryl methyl sites for hydroxylation is 1. The minimum Gasteiger partial charge on any atom is -0.322 e. The number of carbonyl (C=O) groups excluding carboxylic acids is 1. The second-order valence-electron chi connectivity index (χ2n) is 4.40. The molecule has 0 bridgehead atoms. The molecule has 2 nitrogen and oxygen atoms in total. The molecule has 5 heteroatoms. The second kappa shape index (κ2) is 7.64. The summed E-state index contributed by atoms with van der Waals surface area (Å²) in [4.78, 5) is 11.9. The highest BCUT2D eigenvalue weighted by Crippen LogP contribution is 2.29. The number of alkyl halides is 3. The Morgan fingerprint density at radius 1 is 1.00 bits per heavy atom. The van der Waals surface area contributed by atoms with Crippen LogP contribution in [0, 0.1) is 6.92 Å². The van der Waals surface area contributed by atoms with E-state index < -0.39 is 17.6 Å². The van der Waals surface area contributed by atoms with Crippen LogP contribution in [0.4, 0.5) is 18.9 Å². The number of carbonyl (C=O) groups is 1. The van der Waals surface area contributed by atoms with Crippen molar-refractivity contribution < 1.29 is 18.0 Å². The summed E-state index contributed by atoms with van der Waals surface area (Å²) in [6.45, 7) is 5.90. The third kappa shape index (κ3) is 4.91. The van der Waals surface area contributed by atoms with Crippen molar-refractivity contribution in [2.24, 2.45) is 0 Å². The van der Waals surface area contributed by atoms with Crippen molar-refractivity contribution in [3.8, 4) is 0 Å². The summed E-state index contributed by atoms with van der Waals surface area (Å²) in [7, 11) is 0. The first-order chi connectivity index (χ1) is 10.4. The van der Waals surface area contributed by atoms with E-state index in [0.29, 0.717) is 5.69 Å². The van der Waals surface area contributed by atoms with Gasteiger partial charge in [-0.15, -0.1) is 0 Å². The van der Waals surface area contributed by atoms with Crippen LogP contribution in [-0.4, -0.2) is 5.91 Å². The molecule has 1 amide bonds. The molecular formula is C17H18F3NO. The van der Waals surface area contributed by atoms with Crippen LogP contribution < -0.4 is 5.32 Å². The van der Waals surface area contributed by atoms with Gasteiger partial charge in [-0.2, -0.15) is 13.2 Å². The average molecular weight is 309 g/mol. The molecule has 0 heterocycles. The Morgan fingerprint density at radius 3 is 2.14 bits per heavy atom. The maximum Gasteiger partial charge on any atom is 0.416 e. The molecule has 0 spiro atoms. The van der Waals surface area contributed by atoms with E-state index in [1.807, 2.05) is 32.9 Å². The smallest absolute Gasteiger partial charge is 0.322 e. The zero-order valence-electron chi connectivity index (χ0n) is 12.7. The normalized spacial score (nSPS) is 10.5. The maximum atomic E-state index is 12.6. The van der Waals surface area contributed by atoms with Crippen molar-refractivity contribution in [1.82, 2.24) is 0 Å². The van der Waals surface area contributed by atoms with Crippen LogP contribution >= 0.6 is 0 Å². The Kier molecular flexibility index (Phi) is 6.16. The van der Waals surface area contributed by atoms with E-state index >= 15 is 0 Å². The number of hydrogen-bond acceptors (Lipinski definition) is 1. The quantitative estimate of drug-likeness (QED) is 0.802. The lowest BCUT2D eigenvalue weighted by molar-refractivity contribution is -0.137. The summed E-state index contributed by atoms with van der Waals surface area (Å²) >= 11 is 0. The maximum absolute atomic E-state index is 12.6. The number of hydrogen-bond donors (Lipinski definition) is 1. The summed E-state index contributed by atoms with van der Waals surface area (Å²) in [6.07, 6.45) is -4.46. The first kappa shape index (κ1) is 17.8. The van der Waals surface area contributed by atoms with Gasteiger partial charge in [0.15, 0.2) is 0 Å². The van der Waals surface area contributed by atoms with Crippen molar-refractivity contribution in [3.05, 3.63) is 65.2 Å². The Hall–Kier alpha value is -2.30. The van der Waals surface area contributed by atoms with Crippen LogP contribution in [0.25, 0.3) is 0 Å². The van der Waals surface area contributed by atoms with E-state index in [1.165, 1.54) is 12.1 Å². The van der Waals surface area contributed by atoms with Gasteiger partial charge in [0.1, 0.15) is 0 Å². The Balaban J connectivity index is 0.00000116. The summed E-state index contributed by atoms with van der Waals surface area (Å²) in [5, 5.41) is 2.56. The fourth-order valence-electron chi connectivity index (χ4n) is 1.68. The minimum absolute atomic E-state index is 0.0274. The van der Waals surface area contributed by atoms with E-state index in [4.69, 9.17) is 0 Å². The highest BCUT2D eigenvalue weighted by molar-refractivity contribution is 6.04. The zero-order valence-corrected chi connectivity index (χ0v) is 12.7. The largest absolute Gasteiger partial charge is 0.416 e. The van der Waals surface area contributed by atoms with Crippen LogP contribution in [-0.2, 0) is 6.18 Å². The number of halogens is 3. The van der Waals surface area contributed by atoms with Crippen molar-refractivity contribution >= 4 is 11.6 Å². The van der Waals surface area contributed by atoms with Gasteiger partial charge in [0, 0.05) is 11.3 Å². The standard InChI is InChI=1S/C15H12F3NO.C2H6/c1-10-5-7-13(8-6-10)19-14(20)11-3-2-4-12(9-11)15(16,17)18;1-2/h2-9H,1H3,(H,19,20);1-2H3. The number of nitrogens with one attached hydrogen (secondary N) is 1. The molecule has 1 N–H and O–H groups in total. The molecule has 0 aliphatic heterocycles. The molecule has 2 aromatic rings. The molecule has 0 unspecified atom stereocenters. The van der Waals surface area contributed by atoms with Gasteiger partial charge < -0.3 is 5.32 Å². The first-order valence-electron chi connectivity index (χ1n) is 6.91. The van der Waals surface area contributed by atoms with Gasteiger partial charge in [-0.1, -0.05) is 37.6 Å². The summed E-state index contributed by atoms with van der Waals surface area (Å²) in [6, 6.07) is 11.3. The van der Waals surface area contributed by atoms with Crippen LogP contribution in [0.15, 0.2) is 48.5 Å². The molecule has 0 aromatic heterocycles. The molecule has 22 heavy (non-hydrogen) atoms. The van der Waals surface area contributed by atoms with Crippen LogP contribution in [0.3, 0.4) is 0 Å². The van der Waals surface area contributed by atoms with Crippen molar-refractivity contribution in [1.29, 1.82) is 0 Å². The predicted octanol–water partition coefficient (Wildman–Crippen LogP) is 5.29. The van der Waals surface area contributed by atoms with Crippen molar-refractivity contribution in [2.45, 2.75) is 26.9 Å². The lowest BCUT2D eigenvalue weighted by Gasteiger charge is -2.09. The average Bonchev–Trinajstić information content (AvgIpc) is 2.51. The van der Waals surface area contributed by atoms with Crippen molar-refractivity contribution in [3.63, 3.8) is 0 Å². The monoisotopic (exact) mass is 309 g/mol. The van der Waals surface area contributed by atoms with Gasteiger partial charge in [-0.3, -0.25) is 4.79 Å². The molecule has 0 saturated heterocycles. The zero-order chi connectivity index (χ0) is 16.8. The Labute approximate surface area is 128 Å². The Morgan fingerprint density at radius 2 is 1.59 bits per heavy atom. The molecule has 0 atom stereocenters. The lowest BCUT2D eigenvalue weighted by Crippen LogP contribution is -2.13. The number of amides is 1. The van der Waals surface area contributed by atoms with Gasteiger partial charge >= 0.3 is 6.18 Å². The molecule has 0 aliphatic rings. The third-order valence-electron chi connectivity index (χ3n) is 2.76. The molecule has 2 aromatic carbocycles. The van der Waals surface area contributed by atoms with Gasteiger partial charge in [0.05, 0.1) is 5.56 Å². The molecule has 0 aliphatic carbocycles. The fourth-order valence-corrected chi connectivity index (χ4v) is 1.68. The Bertz CT molecular complexity index is 619. The second-order valence-corrected chi connectivity index (χ2v) is 4.40. The van der Waals surface area contributed by atoms with E-state index in [-0.39, 0.29) is 5.56 Å². The van der Waals surface area contributed by atoms with E-state index in [1.54, 1.807) is 12.1 Å². The third-order valence-corrected chi connectivity index (χ3v) is 2.76. The van der Waals surface area contributed by atoms with Gasteiger partial charge in [0.2, 0.25) is 0 Å². The van der Waals surface area contributed by atoms with E-state index in [2.05, 4.69) is 5.32 Å². The molecule has 0 radical (unpaired) electrons. The van der Waals surface area contributed by atoms with Gasteiger partial charge in [-0.05, 0) is 37.3 Å². The van der Waals surface area contributed by atoms with Gasteiger partial charge in [0.25, 0.3) is 5.91 Å². The highest BCUT2D eigenvalue weighted by Gasteiger charge is 2.30. The number of rotatable bonds is 2. The van der Waals surface area contributed by atoms with Crippen LogP contribution in [0.5, 0.6) is 0 Å². The minimum atomic E-state index is -4.46. The van der Waals surface area contributed by atoms with E-state index in [9.17, 15) is 18.0 Å². The molecular weight excluding hydrogens is 291 g/mol. The molecule has 0 saturated carbocycles. The SMILES string of the molecule is CC.Cc1ccc(NC(=O)c2cccc(C(F)(F)F)c2)cc1. The summed E-state index contributed by atoms with van der Waals surface area (Å²) in [5.41, 5.74) is 0.703. The van der Waals surface area contributed by atoms with Crippen LogP contribution in [0.2, 0.25) is 0 Å². The molecule has 118 valence electrons. The number of benzene rings is 2. The predicted molar refractivity (Wildman–Crippen MR) is 81.9 cm³/mol. The summed E-state index contributed by atoms with van der Waals surface area (Å²) < 4.78 is 37.7. The number of anilines is 1. The summed E-state index contributed by atoms with van der Waals surface area (Å²) in [5.74, 6) is -0.569. The fraction of sp³-hybridized carbons (Fsp3) is 0.235. The highest BCUT2D eigenvalue weighted by atomic mass is 19.4. The topological polar surface area (TPSA) is 29.1 Å². The lowest BCUT2D eigenvalue weighted by atomic mass is 10.1. The molecule has 0 fully saturated rings. The first-order valence-corrected chi connectivity index (χ1v) is 6.91. The molecule has 2 rings (SSSR count). The van der Waals surface area contributed by atoms with Crippen LogP contribution in [0.1, 0.15) is 35.3 Å². The van der Waals surface area contributed by atoms with E-state index in [0.717, 1.165) is 17.7 Å².